The zero-order valence-corrected chi connectivity index (χ0v) is 37.2. The van der Waals surface area contributed by atoms with E-state index in [1.807, 2.05) is 6.08 Å². The monoisotopic (exact) mass is 914 g/mol. The van der Waals surface area contributed by atoms with Crippen molar-refractivity contribution in [1.29, 1.82) is 0 Å². The van der Waals surface area contributed by atoms with Gasteiger partial charge in [-0.1, -0.05) is 6.08 Å². The Morgan fingerprint density at radius 3 is 2.34 bits per heavy atom. The predicted molar refractivity (Wildman–Crippen MR) is 222 cm³/mol. The number of rotatable bonds is 13. The molecular weight excluding hydrogens is 856 g/mol. The lowest BCUT2D eigenvalue weighted by Crippen LogP contribution is -2.63. The van der Waals surface area contributed by atoms with Gasteiger partial charge in [0.05, 0.1) is 44.9 Å². The van der Waals surface area contributed by atoms with Crippen molar-refractivity contribution < 1.29 is 86.9 Å². The summed E-state index contributed by atoms with van der Waals surface area (Å²) >= 11 is 0. The Labute approximate surface area is 375 Å². The van der Waals surface area contributed by atoms with Crippen LogP contribution >= 0.6 is 0 Å². The van der Waals surface area contributed by atoms with Gasteiger partial charge in [-0.2, -0.15) is 0 Å². The van der Waals surface area contributed by atoms with E-state index in [9.17, 15) is 34.8 Å². The first-order chi connectivity index (χ1) is 31.1. The molecule has 1 amide bonds. The Hall–Kier alpha value is -4.93. The first-order valence-electron chi connectivity index (χ1n) is 21.8. The van der Waals surface area contributed by atoms with Crippen molar-refractivity contribution in [2.45, 2.75) is 101 Å². The van der Waals surface area contributed by atoms with E-state index in [1.165, 1.54) is 24.0 Å². The van der Waals surface area contributed by atoms with Crippen molar-refractivity contribution in [2.24, 2.45) is 17.3 Å². The van der Waals surface area contributed by atoms with E-state index in [0.717, 1.165) is 0 Å². The molecule has 2 aromatic carbocycles. The number of aliphatic carboxylic acids is 1. The number of carboxylic acid groups (broad SMARTS) is 1. The molecule has 0 saturated carbocycles. The second-order valence-electron chi connectivity index (χ2n) is 17.6. The molecule has 0 spiro atoms. The third kappa shape index (κ3) is 9.27. The van der Waals surface area contributed by atoms with Gasteiger partial charge in [0.1, 0.15) is 30.5 Å². The molecule has 0 aromatic heterocycles. The number of likely N-dealkylation sites (N-methyl/N-ethyl adjacent to an activating group) is 2. The summed E-state index contributed by atoms with van der Waals surface area (Å²) in [5.41, 5.74) is 0.915. The summed E-state index contributed by atoms with van der Waals surface area (Å²) in [7, 11) is 6.02. The van der Waals surface area contributed by atoms with Crippen molar-refractivity contribution >= 4 is 18.0 Å². The zero-order valence-electron chi connectivity index (χ0n) is 37.2. The number of fused-ring (bicyclic) bond motifs is 4. The Bertz CT molecular complexity index is 2090. The number of cyclic esters (lactones) is 1. The highest BCUT2D eigenvalue weighted by atomic mass is 16.8. The van der Waals surface area contributed by atoms with Gasteiger partial charge in [0.25, 0.3) is 6.41 Å². The Balaban J connectivity index is 1.00. The van der Waals surface area contributed by atoms with Gasteiger partial charge in [-0.15, -0.1) is 0 Å². The van der Waals surface area contributed by atoms with E-state index >= 15 is 0 Å². The highest BCUT2D eigenvalue weighted by Gasteiger charge is 2.56. The van der Waals surface area contributed by atoms with Crippen molar-refractivity contribution in [1.82, 2.24) is 9.80 Å². The molecule has 2 aliphatic carbocycles. The van der Waals surface area contributed by atoms with Crippen molar-refractivity contribution in [2.75, 3.05) is 61.4 Å². The number of aliphatic hydroxyl groups is 3. The van der Waals surface area contributed by atoms with Crippen LogP contribution in [0, 0.1) is 17.3 Å². The number of nitrogens with zero attached hydrogens (tertiary/aromatic N) is 2. The van der Waals surface area contributed by atoms with Crippen LogP contribution in [0.5, 0.6) is 28.7 Å². The summed E-state index contributed by atoms with van der Waals surface area (Å²) in [6, 6.07) is 6.94. The normalized spacial score (nSPS) is 33.6. The van der Waals surface area contributed by atoms with Crippen LogP contribution in [0.3, 0.4) is 0 Å². The lowest BCUT2D eigenvalue weighted by molar-refractivity contribution is -0.364. The summed E-state index contributed by atoms with van der Waals surface area (Å²) in [5, 5.41) is 43.4. The number of ether oxygens (including phenoxy) is 11. The molecule has 4 N–H and O–H groups in total. The standard InChI is InChI=1S/C45H58N2O18/c1-22-57-20-32-39(61-22)35(48)36(49)41(63-32)64-37-26-18-29-28(59-21-60-29)17-25(26)33(34-27(37)19-58-40(34)50)23-15-30(55-5)38(31(16-23)56-6)65-44(54)47(4)14-13-46(3)43(53)62-24-9-7-8-11-45(2,12-10-24)42(51)52/h7,9,15-18,22,24,27,32-37,39,41,44,48-49,54H,8,10-14,19-21H2,1-6H3,(H,51,52)/b9-7+/t22-,24+,27+,32-,33-,34+,35-,36-,37-,39-,41+,44?,45-/m1/s1. The summed E-state index contributed by atoms with van der Waals surface area (Å²) < 4.78 is 64.7. The third-order valence-corrected chi connectivity index (χ3v) is 13.4. The molecule has 20 heteroatoms. The fourth-order valence-electron chi connectivity index (χ4n) is 9.41. The molecule has 3 fully saturated rings. The molecule has 6 aliphatic rings. The topological polar surface area (TPSA) is 240 Å². The lowest BCUT2D eigenvalue weighted by atomic mass is 9.66. The van der Waals surface area contributed by atoms with Gasteiger partial charge in [-0.25, -0.2) is 9.69 Å². The molecule has 2 aromatic rings. The minimum absolute atomic E-state index is 0.0233. The molecule has 4 heterocycles. The average molecular weight is 915 g/mol. The second kappa shape index (κ2) is 19.1. The number of benzene rings is 2. The fraction of sp³-hybridized carbons (Fsp3) is 0.622. The molecular formula is C45H58N2O18. The molecule has 356 valence electrons. The van der Waals surface area contributed by atoms with Crippen LogP contribution in [-0.4, -0.2) is 159 Å². The maximum absolute atomic E-state index is 13.9. The number of carboxylic acids is 1. The van der Waals surface area contributed by atoms with E-state index in [-0.39, 0.29) is 50.3 Å². The minimum Gasteiger partial charge on any atom is -0.493 e. The van der Waals surface area contributed by atoms with Gasteiger partial charge in [0.15, 0.2) is 35.6 Å². The molecule has 8 rings (SSSR count). The van der Waals surface area contributed by atoms with Crippen LogP contribution in [0.25, 0.3) is 0 Å². The van der Waals surface area contributed by atoms with Crippen LogP contribution in [0.4, 0.5) is 4.79 Å². The van der Waals surface area contributed by atoms with Gasteiger partial charge in [0, 0.05) is 32.0 Å². The van der Waals surface area contributed by atoms with E-state index in [0.29, 0.717) is 53.9 Å². The van der Waals surface area contributed by atoms with Crippen LogP contribution in [0.1, 0.15) is 68.2 Å². The molecule has 13 atom stereocenters. The number of hydrogen-bond donors (Lipinski definition) is 4. The number of allylic oxidation sites excluding steroid dienone is 1. The average Bonchev–Trinajstić information content (AvgIpc) is 3.92. The quantitative estimate of drug-likeness (QED) is 0.128. The Morgan fingerprint density at radius 2 is 1.65 bits per heavy atom. The molecule has 4 aliphatic heterocycles. The fourth-order valence-corrected chi connectivity index (χ4v) is 9.41. The van der Waals surface area contributed by atoms with Gasteiger partial charge in [0.2, 0.25) is 12.5 Å². The van der Waals surface area contributed by atoms with Gasteiger partial charge < -0.3 is 77.4 Å². The molecule has 0 bridgehead atoms. The van der Waals surface area contributed by atoms with Crippen LogP contribution in [-0.2, 0) is 38.0 Å². The van der Waals surface area contributed by atoms with E-state index in [2.05, 4.69) is 0 Å². The highest BCUT2D eigenvalue weighted by Crippen LogP contribution is 2.57. The number of aliphatic hydroxyl groups excluding tert-OH is 3. The van der Waals surface area contributed by atoms with Crippen molar-refractivity contribution in [3.8, 4) is 28.7 Å². The summed E-state index contributed by atoms with van der Waals surface area (Å²) in [5.74, 6) is -2.18. The highest BCUT2D eigenvalue weighted by molar-refractivity contribution is 5.79. The van der Waals surface area contributed by atoms with Gasteiger partial charge in [-0.3, -0.25) is 9.59 Å². The van der Waals surface area contributed by atoms with Gasteiger partial charge in [-0.05, 0) is 93.6 Å². The number of carbonyl (C=O) groups is 3. The van der Waals surface area contributed by atoms with Crippen LogP contribution < -0.4 is 23.7 Å². The van der Waals surface area contributed by atoms with Crippen LogP contribution in [0.15, 0.2) is 36.4 Å². The lowest BCUT2D eigenvalue weighted by Gasteiger charge is -2.47. The molecule has 65 heavy (non-hydrogen) atoms. The van der Waals surface area contributed by atoms with Gasteiger partial charge >= 0.3 is 18.0 Å². The number of carbonyl (C=O) groups excluding carboxylic acids is 2. The molecule has 1 unspecified atom stereocenters. The number of amides is 1. The largest absolute Gasteiger partial charge is 0.493 e. The minimum atomic E-state index is -1.54. The van der Waals surface area contributed by atoms with E-state index < -0.39 is 96.8 Å². The van der Waals surface area contributed by atoms with Crippen molar-refractivity contribution in [3.63, 3.8) is 0 Å². The zero-order chi connectivity index (χ0) is 46.3. The smallest absolute Gasteiger partial charge is 0.410 e. The van der Waals surface area contributed by atoms with E-state index in [1.54, 1.807) is 58.3 Å². The van der Waals surface area contributed by atoms with E-state index in [4.69, 9.17) is 52.1 Å². The number of hydrogen-bond acceptors (Lipinski definition) is 18. The molecule has 0 radical (unpaired) electrons. The second-order valence-corrected chi connectivity index (χ2v) is 17.6. The maximum atomic E-state index is 13.9. The molecule has 3 saturated heterocycles. The Kier molecular flexibility index (Phi) is 13.7. The maximum Gasteiger partial charge on any atom is 0.410 e. The van der Waals surface area contributed by atoms with Crippen molar-refractivity contribution in [3.05, 3.63) is 53.1 Å². The predicted octanol–water partition coefficient (Wildman–Crippen LogP) is 2.88. The summed E-state index contributed by atoms with van der Waals surface area (Å²) in [6.45, 7) is 3.74. The molecule has 20 nitrogen and oxygen atoms in total. The first-order valence-corrected chi connectivity index (χ1v) is 21.8. The number of esters is 1. The number of methoxy groups -OCH3 is 2. The summed E-state index contributed by atoms with van der Waals surface area (Å²) in [6.07, 6.45) is -4.53. The SMILES string of the molecule is COc1cc([C@@H]2c3cc4c(cc3[C@@H](O[C@@H]3O[C@@H]5CO[C@@H](C)O[C@H]5[C@H](O)[C@H]3O)[C@H]3COC(=O)[C@H]23)OCO4)cc(OC)c1OC(O)N(C)CCN(C)C(=O)O[C@H]1/C=C/CC[C@@](C)(C(=O)O)CC1. The summed E-state index contributed by atoms with van der Waals surface area (Å²) in [4.78, 5) is 41.6. The van der Waals surface area contributed by atoms with Crippen LogP contribution in [0.2, 0.25) is 0 Å². The third-order valence-electron chi connectivity index (χ3n) is 13.4. The first kappa shape index (κ1) is 46.6. The Morgan fingerprint density at radius 1 is 0.938 bits per heavy atom.